The van der Waals surface area contributed by atoms with Gasteiger partial charge in [0, 0.05) is 14.5 Å². The number of aryl methyl sites for hydroxylation is 3. The number of hydrogen-bond donors (Lipinski definition) is 0. The molecule has 0 bridgehead atoms. The lowest BCUT2D eigenvalue weighted by atomic mass is 10.1. The van der Waals surface area contributed by atoms with Crippen LogP contribution < -0.4 is 16.2 Å². The Balaban J connectivity index is 1.78. The van der Waals surface area contributed by atoms with Crippen LogP contribution >= 0.6 is 7.92 Å². The molecule has 0 aliphatic carbocycles. The van der Waals surface area contributed by atoms with Crippen molar-refractivity contribution in [2.45, 2.75) is 65.8 Å². The van der Waals surface area contributed by atoms with Crippen LogP contribution in [-0.2, 0) is 6.54 Å². The number of aromatic nitrogens is 2. The van der Waals surface area contributed by atoms with Crippen molar-refractivity contribution >= 4 is 35.1 Å². The molecule has 166 valence electrons. The lowest BCUT2D eigenvalue weighted by molar-refractivity contribution is 0.569. The first-order chi connectivity index (χ1) is 15.7. The Bertz CT molecular complexity index is 1090. The standard InChI is InChI=1S/C29H35N2P/c1-4-5-6-7-8-15-20-31-28-22-24(3)23(2)21-27(28)30-29(31)32(25-16-11-9-12-17-25)26-18-13-10-14-19-26/h9-14,16-19,21-22H,4-8,15,20H2,1-3H3. The lowest BCUT2D eigenvalue weighted by Gasteiger charge is -2.20. The maximum atomic E-state index is 5.29. The molecule has 0 N–H and O–H groups in total. The molecule has 0 unspecified atom stereocenters. The molecule has 0 spiro atoms. The van der Waals surface area contributed by atoms with E-state index in [0.29, 0.717) is 0 Å². The summed E-state index contributed by atoms with van der Waals surface area (Å²) in [6.45, 7) is 7.73. The van der Waals surface area contributed by atoms with Crippen LogP contribution in [0.2, 0.25) is 0 Å². The SMILES string of the molecule is CCCCCCCCn1c(P(c2ccccc2)c2ccccc2)nc2cc(C)c(C)cc21. The summed E-state index contributed by atoms with van der Waals surface area (Å²) in [7, 11) is -0.711. The molecule has 4 aromatic rings. The fourth-order valence-corrected chi connectivity index (χ4v) is 6.70. The van der Waals surface area contributed by atoms with Gasteiger partial charge in [-0.05, 0) is 54.1 Å². The molecule has 1 aromatic heterocycles. The largest absolute Gasteiger partial charge is 0.324 e. The molecule has 2 nitrogen and oxygen atoms in total. The first-order valence-corrected chi connectivity index (χ1v) is 13.4. The van der Waals surface area contributed by atoms with E-state index in [1.807, 2.05) is 0 Å². The van der Waals surface area contributed by atoms with Gasteiger partial charge < -0.3 is 4.57 Å². The van der Waals surface area contributed by atoms with Gasteiger partial charge >= 0.3 is 0 Å². The predicted molar refractivity (Wildman–Crippen MR) is 141 cm³/mol. The quantitative estimate of drug-likeness (QED) is 0.196. The lowest BCUT2D eigenvalue weighted by Crippen LogP contribution is -2.28. The zero-order chi connectivity index (χ0) is 22.3. The number of fused-ring (bicyclic) bond motifs is 1. The van der Waals surface area contributed by atoms with Crippen molar-refractivity contribution in [1.82, 2.24) is 9.55 Å². The van der Waals surface area contributed by atoms with Crippen molar-refractivity contribution in [1.29, 1.82) is 0 Å². The topological polar surface area (TPSA) is 17.8 Å². The summed E-state index contributed by atoms with van der Waals surface area (Å²) in [5, 5.41) is 2.73. The minimum absolute atomic E-state index is 0.711. The fraction of sp³-hybridized carbons (Fsp3) is 0.345. The number of benzene rings is 3. The highest BCUT2D eigenvalue weighted by atomic mass is 31.1. The molecule has 0 fully saturated rings. The highest BCUT2D eigenvalue weighted by Gasteiger charge is 2.24. The molecule has 3 heteroatoms. The van der Waals surface area contributed by atoms with Crippen molar-refractivity contribution in [2.24, 2.45) is 0 Å². The third-order valence-electron chi connectivity index (χ3n) is 6.31. The highest BCUT2D eigenvalue weighted by molar-refractivity contribution is 7.79. The minimum Gasteiger partial charge on any atom is -0.324 e. The Hall–Kier alpha value is -2.44. The maximum absolute atomic E-state index is 5.29. The van der Waals surface area contributed by atoms with Gasteiger partial charge in [-0.3, -0.25) is 0 Å². The molecule has 0 radical (unpaired) electrons. The van der Waals surface area contributed by atoms with Crippen LogP contribution in [-0.4, -0.2) is 9.55 Å². The summed E-state index contributed by atoms with van der Waals surface area (Å²) in [6.07, 6.45) is 7.84. The molecule has 0 atom stereocenters. The van der Waals surface area contributed by atoms with Gasteiger partial charge in [0.05, 0.1) is 11.0 Å². The molecule has 0 amide bonds. The summed E-state index contributed by atoms with van der Waals surface area (Å²) in [5.41, 5.74) is 6.31. The second-order valence-electron chi connectivity index (χ2n) is 8.76. The van der Waals surface area contributed by atoms with Crippen LogP contribution in [0.3, 0.4) is 0 Å². The van der Waals surface area contributed by atoms with E-state index in [1.54, 1.807) is 0 Å². The zero-order valence-corrected chi connectivity index (χ0v) is 20.6. The average molecular weight is 443 g/mol. The summed E-state index contributed by atoms with van der Waals surface area (Å²) >= 11 is 0. The number of imidazole rings is 1. The van der Waals surface area contributed by atoms with E-state index in [2.05, 4.69) is 98.1 Å². The molecule has 32 heavy (non-hydrogen) atoms. The summed E-state index contributed by atoms with van der Waals surface area (Å²) in [5.74, 6) is 0. The second-order valence-corrected chi connectivity index (χ2v) is 10.9. The van der Waals surface area contributed by atoms with E-state index in [0.717, 1.165) is 12.1 Å². The van der Waals surface area contributed by atoms with Gasteiger partial charge in [0.25, 0.3) is 0 Å². The Morgan fingerprint density at radius 3 is 1.91 bits per heavy atom. The Morgan fingerprint density at radius 2 is 1.28 bits per heavy atom. The van der Waals surface area contributed by atoms with Gasteiger partial charge in [0.2, 0.25) is 0 Å². The molecule has 3 aromatic carbocycles. The van der Waals surface area contributed by atoms with E-state index in [1.165, 1.54) is 71.3 Å². The van der Waals surface area contributed by atoms with E-state index >= 15 is 0 Å². The van der Waals surface area contributed by atoms with E-state index in [9.17, 15) is 0 Å². The van der Waals surface area contributed by atoms with Crippen LogP contribution in [0, 0.1) is 13.8 Å². The molecule has 0 aliphatic rings. The molecule has 0 aliphatic heterocycles. The number of hydrogen-bond acceptors (Lipinski definition) is 1. The summed E-state index contributed by atoms with van der Waals surface area (Å²) in [4.78, 5) is 5.29. The van der Waals surface area contributed by atoms with Crippen molar-refractivity contribution in [2.75, 3.05) is 0 Å². The average Bonchev–Trinajstić information content (AvgIpc) is 3.14. The van der Waals surface area contributed by atoms with Gasteiger partial charge in [-0.25, -0.2) is 4.98 Å². The monoisotopic (exact) mass is 442 g/mol. The van der Waals surface area contributed by atoms with Crippen LogP contribution in [0.15, 0.2) is 72.8 Å². The van der Waals surface area contributed by atoms with Crippen LogP contribution in [0.4, 0.5) is 0 Å². The van der Waals surface area contributed by atoms with Crippen LogP contribution in [0.5, 0.6) is 0 Å². The molecule has 1 heterocycles. The number of rotatable bonds is 10. The number of unbranched alkanes of at least 4 members (excludes halogenated alkanes) is 5. The summed E-state index contributed by atoms with van der Waals surface area (Å²) in [6, 6.07) is 26.5. The van der Waals surface area contributed by atoms with Gasteiger partial charge in [0.1, 0.15) is 5.57 Å². The highest BCUT2D eigenvalue weighted by Crippen LogP contribution is 2.34. The number of nitrogens with zero attached hydrogens (tertiary/aromatic N) is 2. The predicted octanol–water partition coefficient (Wildman–Crippen LogP) is 6.77. The maximum Gasteiger partial charge on any atom is 0.141 e. The normalized spacial score (nSPS) is 11.5. The molecular weight excluding hydrogens is 407 g/mol. The van der Waals surface area contributed by atoms with Crippen molar-refractivity contribution in [3.8, 4) is 0 Å². The first kappa shape index (κ1) is 22.7. The van der Waals surface area contributed by atoms with Gasteiger partial charge in [0.15, 0.2) is 0 Å². The Labute approximate surface area is 194 Å². The molecule has 4 rings (SSSR count). The third kappa shape index (κ3) is 5.13. The van der Waals surface area contributed by atoms with Gasteiger partial charge in [-0.2, -0.15) is 0 Å². The molecular formula is C29H35N2P. The molecule has 0 saturated heterocycles. The smallest absolute Gasteiger partial charge is 0.141 e. The Kier molecular flexibility index (Phi) is 7.76. The second kappa shape index (κ2) is 10.9. The van der Waals surface area contributed by atoms with E-state index < -0.39 is 7.92 Å². The fourth-order valence-electron chi connectivity index (χ4n) is 4.34. The van der Waals surface area contributed by atoms with Gasteiger partial charge in [-0.15, -0.1) is 0 Å². The van der Waals surface area contributed by atoms with Crippen molar-refractivity contribution in [3.63, 3.8) is 0 Å². The van der Waals surface area contributed by atoms with Crippen molar-refractivity contribution < 1.29 is 0 Å². The summed E-state index contributed by atoms with van der Waals surface area (Å²) < 4.78 is 2.54. The molecule has 0 saturated carbocycles. The minimum atomic E-state index is -0.711. The van der Waals surface area contributed by atoms with Crippen LogP contribution in [0.1, 0.15) is 56.6 Å². The van der Waals surface area contributed by atoms with Crippen molar-refractivity contribution in [3.05, 3.63) is 83.9 Å². The zero-order valence-electron chi connectivity index (χ0n) is 19.7. The van der Waals surface area contributed by atoms with E-state index in [-0.39, 0.29) is 0 Å². The third-order valence-corrected chi connectivity index (χ3v) is 8.68. The first-order valence-electron chi connectivity index (χ1n) is 12.1. The Morgan fingerprint density at radius 1 is 0.719 bits per heavy atom. The van der Waals surface area contributed by atoms with Gasteiger partial charge in [-0.1, -0.05) is 99.7 Å². The van der Waals surface area contributed by atoms with E-state index in [4.69, 9.17) is 4.98 Å². The van der Waals surface area contributed by atoms with Crippen LogP contribution in [0.25, 0.3) is 11.0 Å².